The quantitative estimate of drug-likeness (QED) is 0.193. The summed E-state index contributed by atoms with van der Waals surface area (Å²) >= 11 is 1.85. The van der Waals surface area contributed by atoms with E-state index in [9.17, 15) is 0 Å². The maximum Gasteiger partial charge on any atom is 0.191 e. The molecule has 0 unspecified atom stereocenters. The van der Waals surface area contributed by atoms with Crippen LogP contribution in [0.25, 0.3) is 0 Å². The number of hydrogen-bond donors (Lipinski definition) is 2. The van der Waals surface area contributed by atoms with Crippen LogP contribution in [0.1, 0.15) is 23.6 Å². The summed E-state index contributed by atoms with van der Waals surface area (Å²) in [5.41, 5.74) is 1.17. The molecule has 0 aliphatic heterocycles. The summed E-state index contributed by atoms with van der Waals surface area (Å²) in [6, 6.07) is 5.99. The van der Waals surface area contributed by atoms with Crippen molar-refractivity contribution >= 4 is 41.7 Å². The zero-order valence-corrected chi connectivity index (χ0v) is 21.5. The van der Waals surface area contributed by atoms with E-state index in [0.29, 0.717) is 6.54 Å². The second-order valence-electron chi connectivity index (χ2n) is 6.53. The van der Waals surface area contributed by atoms with Gasteiger partial charge in [0.25, 0.3) is 0 Å². The van der Waals surface area contributed by atoms with Gasteiger partial charge in [-0.05, 0) is 49.5 Å². The standard InChI is InChI=1S/C20H32N6O2S.HI/c1-15-24-25-19(26(15)2)14-23-20(21-10-6-12-29-5)22-11-9-16-7-8-17(27-3)18(13-16)28-4;/h7-8,13H,6,9-12,14H2,1-5H3,(H2,21,22,23);1H. The fraction of sp³-hybridized carbons (Fsp3) is 0.550. The highest BCUT2D eigenvalue weighted by atomic mass is 127. The molecule has 1 aromatic heterocycles. The molecule has 168 valence electrons. The summed E-state index contributed by atoms with van der Waals surface area (Å²) in [5, 5.41) is 15.1. The molecular formula is C20H33IN6O2S. The van der Waals surface area contributed by atoms with Crippen molar-refractivity contribution in [3.8, 4) is 11.5 Å². The number of halogens is 1. The third kappa shape index (κ3) is 8.21. The fourth-order valence-electron chi connectivity index (χ4n) is 2.70. The Labute approximate surface area is 200 Å². The third-order valence-electron chi connectivity index (χ3n) is 4.53. The molecule has 0 atom stereocenters. The van der Waals surface area contributed by atoms with Crippen LogP contribution in [0.15, 0.2) is 23.2 Å². The van der Waals surface area contributed by atoms with Gasteiger partial charge in [-0.25, -0.2) is 4.99 Å². The number of thioether (sulfide) groups is 1. The molecule has 2 N–H and O–H groups in total. The zero-order valence-electron chi connectivity index (χ0n) is 18.4. The molecule has 1 heterocycles. The van der Waals surface area contributed by atoms with E-state index >= 15 is 0 Å². The topological polar surface area (TPSA) is 85.6 Å². The lowest BCUT2D eigenvalue weighted by Gasteiger charge is -2.13. The summed E-state index contributed by atoms with van der Waals surface area (Å²) in [6.45, 7) is 4.04. The van der Waals surface area contributed by atoms with Crippen LogP contribution in [-0.4, -0.2) is 60.0 Å². The number of aryl methyl sites for hydroxylation is 1. The van der Waals surface area contributed by atoms with Crippen molar-refractivity contribution in [1.82, 2.24) is 25.4 Å². The molecule has 30 heavy (non-hydrogen) atoms. The SMILES string of the molecule is COc1ccc(CCNC(=NCc2nnc(C)n2C)NCCCSC)cc1OC.I. The Morgan fingerprint density at radius 2 is 1.87 bits per heavy atom. The minimum Gasteiger partial charge on any atom is -0.493 e. The molecule has 8 nitrogen and oxygen atoms in total. The Hall–Kier alpha value is -1.69. The molecule has 0 saturated heterocycles. The average molecular weight is 548 g/mol. The minimum absolute atomic E-state index is 0. The van der Waals surface area contributed by atoms with Crippen LogP contribution in [0.4, 0.5) is 0 Å². The van der Waals surface area contributed by atoms with E-state index in [-0.39, 0.29) is 24.0 Å². The van der Waals surface area contributed by atoms with Gasteiger partial charge < -0.3 is 24.7 Å². The molecule has 10 heteroatoms. The monoisotopic (exact) mass is 548 g/mol. The van der Waals surface area contributed by atoms with Crippen molar-refractivity contribution in [2.75, 3.05) is 39.3 Å². The lowest BCUT2D eigenvalue weighted by molar-refractivity contribution is 0.354. The van der Waals surface area contributed by atoms with Crippen molar-refractivity contribution in [2.45, 2.75) is 26.3 Å². The van der Waals surface area contributed by atoms with Crippen LogP contribution in [-0.2, 0) is 20.0 Å². The number of ether oxygens (including phenoxy) is 2. The number of nitrogens with zero attached hydrogens (tertiary/aromatic N) is 4. The molecule has 0 saturated carbocycles. The van der Waals surface area contributed by atoms with Gasteiger partial charge in [-0.15, -0.1) is 34.2 Å². The Balaban J connectivity index is 0.00000450. The van der Waals surface area contributed by atoms with Crippen LogP contribution in [0.2, 0.25) is 0 Å². The molecule has 0 spiro atoms. The van der Waals surface area contributed by atoms with E-state index in [4.69, 9.17) is 9.47 Å². The highest BCUT2D eigenvalue weighted by Crippen LogP contribution is 2.27. The van der Waals surface area contributed by atoms with Crippen molar-refractivity contribution in [2.24, 2.45) is 12.0 Å². The summed E-state index contributed by atoms with van der Waals surface area (Å²) in [7, 11) is 5.25. The summed E-state index contributed by atoms with van der Waals surface area (Å²) in [6.07, 6.45) is 4.04. The van der Waals surface area contributed by atoms with Gasteiger partial charge in [0.1, 0.15) is 12.4 Å². The third-order valence-corrected chi connectivity index (χ3v) is 5.23. The predicted molar refractivity (Wildman–Crippen MR) is 135 cm³/mol. The first-order valence-electron chi connectivity index (χ1n) is 9.66. The smallest absolute Gasteiger partial charge is 0.191 e. The highest BCUT2D eigenvalue weighted by Gasteiger charge is 2.07. The van der Waals surface area contributed by atoms with Gasteiger partial charge in [0.15, 0.2) is 23.3 Å². The van der Waals surface area contributed by atoms with Crippen LogP contribution >= 0.6 is 35.7 Å². The van der Waals surface area contributed by atoms with Gasteiger partial charge in [-0.3, -0.25) is 0 Å². The summed E-state index contributed by atoms with van der Waals surface area (Å²) in [4.78, 5) is 4.68. The molecule has 0 fully saturated rings. The Bertz CT molecular complexity index is 800. The first-order chi connectivity index (χ1) is 14.1. The van der Waals surface area contributed by atoms with Crippen molar-refractivity contribution < 1.29 is 9.47 Å². The normalized spacial score (nSPS) is 11.0. The Morgan fingerprint density at radius 3 is 2.50 bits per heavy atom. The molecule has 2 rings (SSSR count). The first kappa shape index (κ1) is 26.3. The van der Waals surface area contributed by atoms with Gasteiger partial charge in [0.2, 0.25) is 0 Å². The Kier molecular flexibility index (Phi) is 12.6. The zero-order chi connectivity index (χ0) is 21.1. The van der Waals surface area contributed by atoms with E-state index in [1.165, 1.54) is 5.56 Å². The summed E-state index contributed by atoms with van der Waals surface area (Å²) < 4.78 is 12.6. The van der Waals surface area contributed by atoms with E-state index in [1.807, 2.05) is 48.5 Å². The molecule has 1 aromatic carbocycles. The molecule has 2 aromatic rings. The number of aromatic nitrogens is 3. The van der Waals surface area contributed by atoms with Crippen LogP contribution in [0.5, 0.6) is 11.5 Å². The van der Waals surface area contributed by atoms with Crippen molar-refractivity contribution in [1.29, 1.82) is 0 Å². The number of nitrogens with one attached hydrogen (secondary N) is 2. The van der Waals surface area contributed by atoms with Crippen LogP contribution < -0.4 is 20.1 Å². The van der Waals surface area contributed by atoms with Gasteiger partial charge in [-0.2, -0.15) is 11.8 Å². The first-order valence-corrected chi connectivity index (χ1v) is 11.0. The van der Waals surface area contributed by atoms with Gasteiger partial charge in [-0.1, -0.05) is 6.07 Å². The van der Waals surface area contributed by atoms with E-state index in [1.54, 1.807) is 14.2 Å². The number of benzene rings is 1. The maximum atomic E-state index is 5.38. The number of methoxy groups -OCH3 is 2. The van der Waals surface area contributed by atoms with E-state index in [0.717, 1.165) is 60.8 Å². The lowest BCUT2D eigenvalue weighted by Crippen LogP contribution is -2.39. The molecular weight excluding hydrogens is 515 g/mol. The molecule has 0 radical (unpaired) electrons. The number of hydrogen-bond acceptors (Lipinski definition) is 6. The molecule has 0 bridgehead atoms. The Morgan fingerprint density at radius 1 is 1.13 bits per heavy atom. The van der Waals surface area contributed by atoms with Gasteiger partial charge in [0.05, 0.1) is 14.2 Å². The molecule has 0 aliphatic carbocycles. The van der Waals surface area contributed by atoms with Gasteiger partial charge >= 0.3 is 0 Å². The van der Waals surface area contributed by atoms with E-state index < -0.39 is 0 Å². The predicted octanol–water partition coefficient (Wildman–Crippen LogP) is 2.79. The molecule has 0 aliphatic rings. The largest absolute Gasteiger partial charge is 0.493 e. The van der Waals surface area contributed by atoms with Crippen LogP contribution in [0, 0.1) is 6.92 Å². The van der Waals surface area contributed by atoms with Gasteiger partial charge in [0, 0.05) is 20.1 Å². The van der Waals surface area contributed by atoms with Crippen molar-refractivity contribution in [3.05, 3.63) is 35.4 Å². The number of rotatable bonds is 11. The lowest BCUT2D eigenvalue weighted by atomic mass is 10.1. The summed E-state index contributed by atoms with van der Waals surface area (Å²) in [5.74, 6) is 5.10. The molecule has 0 amide bonds. The second-order valence-corrected chi connectivity index (χ2v) is 7.51. The average Bonchev–Trinajstić information content (AvgIpc) is 3.06. The number of aliphatic imine (C=N–C) groups is 1. The minimum atomic E-state index is 0. The number of guanidine groups is 1. The van der Waals surface area contributed by atoms with Crippen LogP contribution in [0.3, 0.4) is 0 Å². The maximum absolute atomic E-state index is 5.38. The van der Waals surface area contributed by atoms with E-state index in [2.05, 4.69) is 32.1 Å². The van der Waals surface area contributed by atoms with Crippen molar-refractivity contribution in [3.63, 3.8) is 0 Å². The fourth-order valence-corrected chi connectivity index (χ4v) is 3.13. The highest BCUT2D eigenvalue weighted by molar-refractivity contribution is 14.0. The second kappa shape index (κ2) is 14.3.